The van der Waals surface area contributed by atoms with E-state index in [1.54, 1.807) is 0 Å². The summed E-state index contributed by atoms with van der Waals surface area (Å²) in [5.41, 5.74) is 0. The van der Waals surface area contributed by atoms with Gasteiger partial charge in [0.25, 0.3) is 0 Å². The lowest BCUT2D eigenvalue weighted by atomic mass is 10.2. The second-order valence-corrected chi connectivity index (χ2v) is 7.02. The van der Waals surface area contributed by atoms with Crippen LogP contribution in [0.25, 0.3) is 0 Å². The summed E-state index contributed by atoms with van der Waals surface area (Å²) in [5.74, 6) is 0. The van der Waals surface area contributed by atoms with Crippen molar-refractivity contribution in [1.82, 2.24) is 0 Å². The maximum Gasteiger partial charge on any atom is 0.137 e. The van der Waals surface area contributed by atoms with E-state index in [0.29, 0.717) is 13.2 Å². The highest BCUT2D eigenvalue weighted by Gasteiger charge is 2.04. The van der Waals surface area contributed by atoms with Crippen LogP contribution in [0, 0.1) is 0 Å². The molecule has 7 heteroatoms. The molecule has 0 aromatic rings. The van der Waals surface area contributed by atoms with E-state index in [0.717, 1.165) is 12.8 Å². The molecule has 1 aliphatic heterocycles. The normalized spacial score (nSPS) is 22.5. The maximum absolute atomic E-state index is 5.24. The van der Waals surface area contributed by atoms with Crippen molar-refractivity contribution in [2.45, 2.75) is 25.7 Å². The first-order valence-corrected chi connectivity index (χ1v) is 7.08. The topological polar surface area (TPSA) is 81.5 Å². The molecular formula is C6H16O4S3. The van der Waals surface area contributed by atoms with Crippen LogP contribution in [0.1, 0.15) is 25.7 Å². The number of hydrogen-bond donors (Lipinski definition) is 0. The van der Waals surface area contributed by atoms with Gasteiger partial charge in [0.1, 0.15) is 7.71 Å². The zero-order chi connectivity index (χ0) is 8.16. The van der Waals surface area contributed by atoms with Crippen LogP contribution in [-0.4, -0.2) is 24.2 Å². The molecule has 1 aliphatic rings. The molecule has 1 heterocycles. The molecule has 0 unspecified atom stereocenters. The lowest BCUT2D eigenvalue weighted by Crippen LogP contribution is -2.07. The van der Waals surface area contributed by atoms with Gasteiger partial charge in [0.2, 0.25) is 0 Å². The molecular weight excluding hydrogens is 232 g/mol. The van der Waals surface area contributed by atoms with Crippen LogP contribution in [0.15, 0.2) is 0 Å². The van der Waals surface area contributed by atoms with Crippen LogP contribution in [-0.2, 0) is 38.5 Å². The first kappa shape index (κ1) is 16.1. The van der Waals surface area contributed by atoms with Gasteiger partial charge in [-0.3, -0.25) is 8.37 Å². The van der Waals surface area contributed by atoms with E-state index in [4.69, 9.17) is 30.7 Å². The Morgan fingerprint density at radius 1 is 0.769 bits per heavy atom. The van der Waals surface area contributed by atoms with Crippen LogP contribution >= 0.6 is 0 Å². The summed E-state index contributed by atoms with van der Waals surface area (Å²) in [6, 6.07) is 0. The molecule has 0 aliphatic carbocycles. The van der Waals surface area contributed by atoms with Gasteiger partial charge in [-0.1, -0.05) is 12.8 Å². The first-order chi connectivity index (χ1) is 5.21. The van der Waals surface area contributed by atoms with Crippen molar-refractivity contribution in [1.29, 1.82) is 0 Å². The summed E-state index contributed by atoms with van der Waals surface area (Å²) in [4.78, 5) is 0. The standard InChI is InChI=1S/C6H12O2S3.2H2O/c9-11(10)7-5-3-1-2-4-6-8-11;;/h1-6H2;2*1H2. The van der Waals surface area contributed by atoms with Gasteiger partial charge >= 0.3 is 0 Å². The summed E-state index contributed by atoms with van der Waals surface area (Å²) < 4.78 is 10.5. The minimum atomic E-state index is -2.00. The summed E-state index contributed by atoms with van der Waals surface area (Å²) in [6.45, 7) is 1.34. The molecule has 0 aromatic carbocycles. The van der Waals surface area contributed by atoms with E-state index in [9.17, 15) is 0 Å². The van der Waals surface area contributed by atoms with E-state index in [2.05, 4.69) is 0 Å². The average Bonchev–Trinajstić information content (AvgIpc) is 2.00. The molecule has 0 spiro atoms. The van der Waals surface area contributed by atoms with Gasteiger partial charge in [0, 0.05) is 22.4 Å². The first-order valence-electron chi connectivity index (χ1n) is 3.74. The molecule has 0 atom stereocenters. The molecule has 0 aromatic heterocycles. The number of hydrogen-bond acceptors (Lipinski definition) is 4. The molecule has 82 valence electrons. The summed E-state index contributed by atoms with van der Waals surface area (Å²) >= 11 is 9.91. The van der Waals surface area contributed by atoms with Gasteiger partial charge in [0.05, 0.1) is 13.2 Å². The Bertz CT molecular complexity index is 186. The molecule has 0 amide bonds. The molecule has 1 fully saturated rings. The molecule has 4 nitrogen and oxygen atoms in total. The van der Waals surface area contributed by atoms with Gasteiger partial charge < -0.3 is 11.0 Å². The van der Waals surface area contributed by atoms with E-state index in [1.165, 1.54) is 12.8 Å². The van der Waals surface area contributed by atoms with Crippen molar-refractivity contribution < 1.29 is 19.3 Å². The third kappa shape index (κ3) is 7.68. The highest BCUT2D eigenvalue weighted by atomic mass is 33.1. The fourth-order valence-corrected chi connectivity index (χ4v) is 2.44. The van der Waals surface area contributed by atoms with Crippen molar-refractivity contribution in [3.05, 3.63) is 0 Å². The lowest BCUT2D eigenvalue weighted by molar-refractivity contribution is 0.284. The van der Waals surface area contributed by atoms with E-state index < -0.39 is 7.71 Å². The van der Waals surface area contributed by atoms with Gasteiger partial charge in [-0.15, -0.1) is 0 Å². The molecule has 0 radical (unpaired) electrons. The predicted octanol–water partition coefficient (Wildman–Crippen LogP) is -0.148. The molecule has 1 saturated heterocycles. The quantitative estimate of drug-likeness (QED) is 0.597. The van der Waals surface area contributed by atoms with Crippen molar-refractivity contribution in [3.8, 4) is 0 Å². The lowest BCUT2D eigenvalue weighted by Gasteiger charge is -2.08. The molecule has 0 bridgehead atoms. The molecule has 1 rings (SSSR count). The van der Waals surface area contributed by atoms with E-state index in [1.807, 2.05) is 0 Å². The van der Waals surface area contributed by atoms with Crippen molar-refractivity contribution in [2.75, 3.05) is 13.2 Å². The fourth-order valence-electron chi connectivity index (χ4n) is 0.914. The number of rotatable bonds is 0. The Kier molecular flexibility index (Phi) is 9.87. The summed E-state index contributed by atoms with van der Waals surface area (Å²) in [5, 5.41) is 0. The molecule has 0 saturated carbocycles. The Morgan fingerprint density at radius 3 is 1.54 bits per heavy atom. The van der Waals surface area contributed by atoms with Gasteiger partial charge in [-0.05, 0) is 12.8 Å². The van der Waals surface area contributed by atoms with E-state index in [-0.39, 0.29) is 11.0 Å². The van der Waals surface area contributed by atoms with Crippen molar-refractivity contribution >= 4 is 30.1 Å². The minimum Gasteiger partial charge on any atom is -0.412 e. The zero-order valence-corrected chi connectivity index (χ0v) is 9.73. The Balaban J connectivity index is 0. The maximum atomic E-state index is 5.24. The van der Waals surface area contributed by atoms with Gasteiger partial charge in [-0.25, -0.2) is 0 Å². The Labute approximate surface area is 88.4 Å². The van der Waals surface area contributed by atoms with Crippen molar-refractivity contribution in [2.24, 2.45) is 0 Å². The minimum absolute atomic E-state index is 0. The monoisotopic (exact) mass is 248 g/mol. The molecule has 13 heavy (non-hydrogen) atoms. The SMILES string of the molecule is O.O.S=S1(=S)OCCCCCCO1. The Hall–Kier alpha value is 0.630. The predicted molar refractivity (Wildman–Crippen MR) is 59.7 cm³/mol. The fraction of sp³-hybridized carbons (Fsp3) is 1.00. The second kappa shape index (κ2) is 7.98. The second-order valence-electron chi connectivity index (χ2n) is 2.47. The highest BCUT2D eigenvalue weighted by Crippen LogP contribution is 2.08. The van der Waals surface area contributed by atoms with Gasteiger partial charge in [-0.2, -0.15) is 0 Å². The zero-order valence-electron chi connectivity index (χ0n) is 7.28. The molecule has 4 N–H and O–H groups in total. The summed E-state index contributed by atoms with van der Waals surface area (Å²) in [6.07, 6.45) is 4.52. The largest absolute Gasteiger partial charge is 0.412 e. The van der Waals surface area contributed by atoms with Crippen LogP contribution < -0.4 is 0 Å². The third-order valence-electron chi connectivity index (χ3n) is 1.49. The van der Waals surface area contributed by atoms with Crippen LogP contribution in [0.4, 0.5) is 0 Å². The van der Waals surface area contributed by atoms with Crippen LogP contribution in [0.2, 0.25) is 0 Å². The van der Waals surface area contributed by atoms with Gasteiger partial charge in [0.15, 0.2) is 0 Å². The smallest absolute Gasteiger partial charge is 0.137 e. The van der Waals surface area contributed by atoms with E-state index >= 15 is 0 Å². The summed E-state index contributed by atoms with van der Waals surface area (Å²) in [7, 11) is -2.00. The highest BCUT2D eigenvalue weighted by molar-refractivity contribution is 8.51. The van der Waals surface area contributed by atoms with Crippen molar-refractivity contribution in [3.63, 3.8) is 0 Å². The third-order valence-corrected chi connectivity index (χ3v) is 3.56. The Morgan fingerprint density at radius 2 is 1.15 bits per heavy atom. The van der Waals surface area contributed by atoms with Crippen LogP contribution in [0.5, 0.6) is 0 Å². The van der Waals surface area contributed by atoms with Crippen LogP contribution in [0.3, 0.4) is 0 Å². The average molecular weight is 248 g/mol.